The van der Waals surface area contributed by atoms with Crippen molar-refractivity contribution >= 4 is 0 Å². The summed E-state index contributed by atoms with van der Waals surface area (Å²) in [5.74, 6) is 0. The number of piperazine rings is 1. The topological polar surface area (TPSA) is 15.7 Å². The maximum absolute atomic E-state index is 5.02. The van der Waals surface area contributed by atoms with Crippen molar-refractivity contribution in [3.8, 4) is 0 Å². The predicted molar refractivity (Wildman–Crippen MR) is 57.2 cm³/mol. The molecule has 0 atom stereocenters. The molecule has 80 valence electrons. The van der Waals surface area contributed by atoms with Crippen LogP contribution < -0.4 is 0 Å². The fourth-order valence-electron chi connectivity index (χ4n) is 1.29. The molecule has 1 saturated heterocycles. The lowest BCUT2D eigenvalue weighted by molar-refractivity contribution is 0.108. The Hall–Kier alpha value is -0.120. The number of ether oxygens (including phenoxy) is 1. The molecular weight excluding hydrogens is 164 g/mol. The Labute approximate surface area is 82.7 Å². The van der Waals surface area contributed by atoms with Crippen LogP contribution in [-0.2, 0) is 4.74 Å². The molecule has 3 nitrogen and oxygen atoms in total. The fraction of sp³-hybridized carbons (Fsp3) is 1.00. The average Bonchev–Trinajstić information content (AvgIpc) is 2.20. The lowest BCUT2D eigenvalue weighted by Crippen LogP contribution is -2.45. The first kappa shape index (κ1) is 12.9. The van der Waals surface area contributed by atoms with Crippen LogP contribution in [0.4, 0.5) is 0 Å². The van der Waals surface area contributed by atoms with Gasteiger partial charge in [-0.1, -0.05) is 13.8 Å². The van der Waals surface area contributed by atoms with E-state index < -0.39 is 0 Å². The first-order valence-corrected chi connectivity index (χ1v) is 5.23. The Kier molecular flexibility index (Phi) is 8.40. The largest absolute Gasteiger partial charge is 0.383 e. The van der Waals surface area contributed by atoms with Crippen molar-refractivity contribution < 1.29 is 4.74 Å². The lowest BCUT2D eigenvalue weighted by atomic mass is 10.3. The Bertz CT molecular complexity index is 98.3. The van der Waals surface area contributed by atoms with E-state index in [9.17, 15) is 0 Å². The van der Waals surface area contributed by atoms with E-state index >= 15 is 0 Å². The molecule has 0 radical (unpaired) electrons. The molecule has 1 aliphatic rings. The Balaban J connectivity index is 0.000000671. The van der Waals surface area contributed by atoms with E-state index in [1.165, 1.54) is 26.2 Å². The summed E-state index contributed by atoms with van der Waals surface area (Å²) in [7, 11) is 3.93. The van der Waals surface area contributed by atoms with E-state index in [0.29, 0.717) is 0 Å². The van der Waals surface area contributed by atoms with Crippen molar-refractivity contribution in [2.75, 3.05) is 53.5 Å². The van der Waals surface area contributed by atoms with Crippen LogP contribution in [0, 0.1) is 0 Å². The van der Waals surface area contributed by atoms with E-state index in [0.717, 1.165) is 13.2 Å². The van der Waals surface area contributed by atoms with Crippen LogP contribution in [0.3, 0.4) is 0 Å². The second-order valence-electron chi connectivity index (χ2n) is 3.14. The summed E-state index contributed by atoms with van der Waals surface area (Å²) in [5, 5.41) is 0. The second-order valence-corrected chi connectivity index (χ2v) is 3.14. The van der Waals surface area contributed by atoms with Crippen molar-refractivity contribution in [1.82, 2.24) is 9.80 Å². The highest BCUT2D eigenvalue weighted by molar-refractivity contribution is 4.68. The van der Waals surface area contributed by atoms with Gasteiger partial charge < -0.3 is 9.64 Å². The monoisotopic (exact) mass is 188 g/mol. The van der Waals surface area contributed by atoms with Crippen LogP contribution in [0.25, 0.3) is 0 Å². The smallest absolute Gasteiger partial charge is 0.0589 e. The molecule has 0 aromatic carbocycles. The number of nitrogens with zero attached hydrogens (tertiary/aromatic N) is 2. The normalized spacial score (nSPS) is 19.4. The van der Waals surface area contributed by atoms with Gasteiger partial charge in [0.05, 0.1) is 6.61 Å². The summed E-state index contributed by atoms with van der Waals surface area (Å²) in [6.45, 7) is 10.7. The summed E-state index contributed by atoms with van der Waals surface area (Å²) >= 11 is 0. The highest BCUT2D eigenvalue weighted by atomic mass is 16.5. The van der Waals surface area contributed by atoms with E-state index in [4.69, 9.17) is 4.74 Å². The van der Waals surface area contributed by atoms with Crippen molar-refractivity contribution in [2.45, 2.75) is 13.8 Å². The van der Waals surface area contributed by atoms with Gasteiger partial charge in [-0.15, -0.1) is 0 Å². The average molecular weight is 188 g/mol. The molecule has 1 heterocycles. The third-order valence-corrected chi connectivity index (χ3v) is 2.21. The van der Waals surface area contributed by atoms with Gasteiger partial charge in [0.15, 0.2) is 0 Å². The summed E-state index contributed by atoms with van der Waals surface area (Å²) < 4.78 is 5.02. The minimum absolute atomic E-state index is 0.865. The van der Waals surface area contributed by atoms with Crippen LogP contribution in [0.5, 0.6) is 0 Å². The van der Waals surface area contributed by atoms with Gasteiger partial charge in [0.2, 0.25) is 0 Å². The Morgan fingerprint density at radius 2 is 1.62 bits per heavy atom. The molecule has 0 bridgehead atoms. The van der Waals surface area contributed by atoms with Crippen molar-refractivity contribution in [1.29, 1.82) is 0 Å². The number of rotatable bonds is 3. The fourth-order valence-corrected chi connectivity index (χ4v) is 1.29. The van der Waals surface area contributed by atoms with Crippen molar-refractivity contribution in [2.24, 2.45) is 0 Å². The van der Waals surface area contributed by atoms with Gasteiger partial charge in [0, 0.05) is 39.8 Å². The molecule has 1 fully saturated rings. The molecule has 0 N–H and O–H groups in total. The van der Waals surface area contributed by atoms with Gasteiger partial charge in [-0.25, -0.2) is 0 Å². The van der Waals surface area contributed by atoms with Gasteiger partial charge in [0.1, 0.15) is 0 Å². The first-order chi connectivity index (χ1) is 6.33. The molecule has 1 rings (SSSR count). The van der Waals surface area contributed by atoms with Crippen LogP contribution in [0.2, 0.25) is 0 Å². The maximum Gasteiger partial charge on any atom is 0.0589 e. The molecule has 0 amide bonds. The van der Waals surface area contributed by atoms with E-state index in [2.05, 4.69) is 16.8 Å². The van der Waals surface area contributed by atoms with Gasteiger partial charge in [0.25, 0.3) is 0 Å². The standard InChI is InChI=1S/C8H18N2O.C2H6/c1-9-3-5-10(6-4-9)7-8-11-2;1-2/h3-8H2,1-2H3;1-2H3. The second kappa shape index (κ2) is 8.48. The Morgan fingerprint density at radius 3 is 2.08 bits per heavy atom. The Morgan fingerprint density at radius 1 is 1.08 bits per heavy atom. The van der Waals surface area contributed by atoms with Gasteiger partial charge >= 0.3 is 0 Å². The van der Waals surface area contributed by atoms with E-state index in [-0.39, 0.29) is 0 Å². The van der Waals surface area contributed by atoms with Crippen LogP contribution in [0.15, 0.2) is 0 Å². The molecule has 0 aromatic rings. The quantitative estimate of drug-likeness (QED) is 0.654. The minimum Gasteiger partial charge on any atom is -0.383 e. The zero-order valence-corrected chi connectivity index (χ0v) is 9.55. The lowest BCUT2D eigenvalue weighted by Gasteiger charge is -2.31. The van der Waals surface area contributed by atoms with Crippen molar-refractivity contribution in [3.63, 3.8) is 0 Å². The zero-order chi connectivity index (χ0) is 10.1. The van der Waals surface area contributed by atoms with E-state index in [1.54, 1.807) is 7.11 Å². The predicted octanol–water partition coefficient (Wildman–Crippen LogP) is 0.906. The van der Waals surface area contributed by atoms with Crippen LogP contribution in [-0.4, -0.2) is 63.3 Å². The summed E-state index contributed by atoms with van der Waals surface area (Å²) in [6.07, 6.45) is 0. The molecule has 3 heteroatoms. The third kappa shape index (κ3) is 6.02. The number of likely N-dealkylation sites (N-methyl/N-ethyl adjacent to an activating group) is 1. The first-order valence-electron chi connectivity index (χ1n) is 5.23. The number of hydrogen-bond donors (Lipinski definition) is 0. The summed E-state index contributed by atoms with van der Waals surface area (Å²) in [4.78, 5) is 4.81. The van der Waals surface area contributed by atoms with Gasteiger partial charge in [-0.3, -0.25) is 4.90 Å². The number of hydrogen-bond acceptors (Lipinski definition) is 3. The molecule has 0 unspecified atom stereocenters. The minimum atomic E-state index is 0.865. The highest BCUT2D eigenvalue weighted by Crippen LogP contribution is 1.97. The summed E-state index contributed by atoms with van der Waals surface area (Å²) in [6, 6.07) is 0. The molecular formula is C10H24N2O. The number of methoxy groups -OCH3 is 1. The molecule has 0 spiro atoms. The molecule has 0 aromatic heterocycles. The zero-order valence-electron chi connectivity index (χ0n) is 9.55. The molecule has 13 heavy (non-hydrogen) atoms. The molecule has 0 saturated carbocycles. The third-order valence-electron chi connectivity index (χ3n) is 2.21. The van der Waals surface area contributed by atoms with Crippen LogP contribution in [0.1, 0.15) is 13.8 Å². The van der Waals surface area contributed by atoms with E-state index in [1.807, 2.05) is 13.8 Å². The highest BCUT2D eigenvalue weighted by Gasteiger charge is 2.12. The van der Waals surface area contributed by atoms with Crippen LogP contribution >= 0.6 is 0 Å². The van der Waals surface area contributed by atoms with Gasteiger partial charge in [-0.2, -0.15) is 0 Å². The van der Waals surface area contributed by atoms with Gasteiger partial charge in [-0.05, 0) is 7.05 Å². The molecule has 1 aliphatic heterocycles. The SMILES string of the molecule is CC.COCCN1CCN(C)CC1. The molecule has 0 aliphatic carbocycles. The maximum atomic E-state index is 5.02. The summed E-state index contributed by atoms with van der Waals surface area (Å²) in [5.41, 5.74) is 0. The van der Waals surface area contributed by atoms with Crippen molar-refractivity contribution in [3.05, 3.63) is 0 Å².